The van der Waals surface area contributed by atoms with Gasteiger partial charge in [0.15, 0.2) is 0 Å². The molecule has 0 bridgehead atoms. The lowest BCUT2D eigenvalue weighted by Crippen LogP contribution is -2.32. The third-order valence-corrected chi connectivity index (χ3v) is 6.08. The Morgan fingerprint density at radius 3 is 2.65 bits per heavy atom. The summed E-state index contributed by atoms with van der Waals surface area (Å²) < 4.78 is 7.56. The first-order valence-corrected chi connectivity index (χ1v) is 9.22. The summed E-state index contributed by atoms with van der Waals surface area (Å²) in [5, 5.41) is 20.3. The van der Waals surface area contributed by atoms with E-state index < -0.39 is 11.5 Å². The van der Waals surface area contributed by atoms with Gasteiger partial charge in [-0.1, -0.05) is 13.0 Å². The van der Waals surface area contributed by atoms with E-state index >= 15 is 0 Å². The summed E-state index contributed by atoms with van der Waals surface area (Å²) in [5.74, 6) is -0.412. The van der Waals surface area contributed by atoms with Crippen LogP contribution >= 0.6 is 0 Å². The number of ether oxygens (including phenoxy) is 1. The second kappa shape index (κ2) is 5.59. The van der Waals surface area contributed by atoms with Crippen molar-refractivity contribution in [3.8, 4) is 6.07 Å². The second-order valence-electron chi connectivity index (χ2n) is 8.43. The van der Waals surface area contributed by atoms with Gasteiger partial charge in [-0.3, -0.25) is 0 Å². The number of aromatic nitrogens is 1. The third-order valence-electron chi connectivity index (χ3n) is 6.08. The van der Waals surface area contributed by atoms with E-state index in [1.165, 1.54) is 5.56 Å². The fraction of sp³-hybridized carbons (Fsp3) is 0.524. The van der Waals surface area contributed by atoms with E-state index in [1.807, 2.05) is 13.0 Å². The van der Waals surface area contributed by atoms with Crippen LogP contribution in [-0.4, -0.2) is 27.9 Å². The molecular formula is C21H24N2O3. The van der Waals surface area contributed by atoms with Crippen molar-refractivity contribution in [2.45, 2.75) is 57.1 Å². The van der Waals surface area contributed by atoms with Crippen molar-refractivity contribution in [2.24, 2.45) is 5.92 Å². The molecule has 1 aliphatic carbocycles. The van der Waals surface area contributed by atoms with Crippen LogP contribution in [-0.2, 0) is 10.3 Å². The van der Waals surface area contributed by atoms with Crippen molar-refractivity contribution in [2.75, 3.05) is 6.61 Å². The van der Waals surface area contributed by atoms with Crippen molar-refractivity contribution in [1.82, 2.24) is 4.57 Å². The van der Waals surface area contributed by atoms with Crippen molar-refractivity contribution >= 4 is 16.9 Å². The highest BCUT2D eigenvalue weighted by molar-refractivity contribution is 5.95. The van der Waals surface area contributed by atoms with Crippen LogP contribution in [0.15, 0.2) is 24.3 Å². The number of carboxylic acid groups (broad SMARTS) is 1. The van der Waals surface area contributed by atoms with E-state index in [0.717, 1.165) is 30.4 Å². The molecule has 1 saturated carbocycles. The highest BCUT2D eigenvalue weighted by Crippen LogP contribution is 2.52. The van der Waals surface area contributed by atoms with Gasteiger partial charge in [-0.15, -0.1) is 0 Å². The highest BCUT2D eigenvalue weighted by Gasteiger charge is 2.55. The Morgan fingerprint density at radius 1 is 1.35 bits per heavy atom. The Hall–Kier alpha value is -2.32. The first-order valence-electron chi connectivity index (χ1n) is 9.22. The van der Waals surface area contributed by atoms with Gasteiger partial charge in [0.05, 0.1) is 17.2 Å². The van der Waals surface area contributed by atoms with Crippen LogP contribution in [0, 0.1) is 17.2 Å². The predicted octanol–water partition coefficient (Wildman–Crippen LogP) is 4.27. The van der Waals surface area contributed by atoms with Crippen molar-refractivity contribution < 1.29 is 14.6 Å². The lowest BCUT2D eigenvalue weighted by atomic mass is 9.83. The number of nitrogens with zero attached hydrogens (tertiary/aromatic N) is 2. The summed E-state index contributed by atoms with van der Waals surface area (Å²) in [6, 6.07) is 10.3. The summed E-state index contributed by atoms with van der Waals surface area (Å²) in [6.45, 7) is 6.97. The lowest BCUT2D eigenvalue weighted by Gasteiger charge is -2.35. The molecule has 3 atom stereocenters. The van der Waals surface area contributed by atoms with Crippen LogP contribution < -0.4 is 0 Å². The molecule has 0 spiro atoms. The molecule has 5 nitrogen and oxygen atoms in total. The molecule has 2 fully saturated rings. The van der Waals surface area contributed by atoms with Crippen molar-refractivity contribution in [3.05, 3.63) is 35.5 Å². The topological polar surface area (TPSA) is 75.2 Å². The number of rotatable bonds is 3. The zero-order chi connectivity index (χ0) is 18.7. The summed E-state index contributed by atoms with van der Waals surface area (Å²) in [4.78, 5) is 11.8. The molecule has 0 radical (unpaired) electrons. The maximum absolute atomic E-state index is 11.8. The van der Waals surface area contributed by atoms with Crippen LogP contribution in [0.1, 0.15) is 62.0 Å². The molecule has 1 saturated heterocycles. The average molecular weight is 352 g/mol. The molecule has 2 aliphatic rings. The summed E-state index contributed by atoms with van der Waals surface area (Å²) in [5.41, 5.74) is 1.40. The lowest BCUT2D eigenvalue weighted by molar-refractivity contribution is -0.0592. The SMILES string of the molecule is C[C@H]1CC1(C#N)n1c(C(=O)O)cc2cc([C@H]3CCOC(C)(C)C3)ccc21. The smallest absolute Gasteiger partial charge is 0.352 e. The molecule has 4 rings (SSSR count). The second-order valence-corrected chi connectivity index (χ2v) is 8.43. The number of fused-ring (bicyclic) bond motifs is 1. The number of carbonyl (C=O) groups is 1. The molecule has 26 heavy (non-hydrogen) atoms. The number of aromatic carboxylic acids is 1. The summed E-state index contributed by atoms with van der Waals surface area (Å²) >= 11 is 0. The van der Waals surface area contributed by atoms with E-state index in [2.05, 4.69) is 32.0 Å². The first kappa shape index (κ1) is 17.1. The van der Waals surface area contributed by atoms with E-state index in [1.54, 1.807) is 10.6 Å². The van der Waals surface area contributed by atoms with Crippen molar-refractivity contribution in [1.29, 1.82) is 5.26 Å². The van der Waals surface area contributed by atoms with Crippen LogP contribution in [0.3, 0.4) is 0 Å². The predicted molar refractivity (Wildman–Crippen MR) is 98.3 cm³/mol. The molecule has 2 heterocycles. The number of carboxylic acids is 1. The molecule has 136 valence electrons. The van der Waals surface area contributed by atoms with Gasteiger partial charge in [0, 0.05) is 12.0 Å². The van der Waals surface area contributed by atoms with Crippen LogP contribution in [0.4, 0.5) is 0 Å². The third kappa shape index (κ3) is 2.52. The minimum Gasteiger partial charge on any atom is -0.477 e. The maximum Gasteiger partial charge on any atom is 0.352 e. The van der Waals surface area contributed by atoms with Crippen LogP contribution in [0.5, 0.6) is 0 Å². The molecule has 5 heteroatoms. The van der Waals surface area contributed by atoms with Gasteiger partial charge in [0.1, 0.15) is 11.2 Å². The summed E-state index contributed by atoms with van der Waals surface area (Å²) in [7, 11) is 0. The van der Waals surface area contributed by atoms with Crippen LogP contribution in [0.2, 0.25) is 0 Å². The zero-order valence-corrected chi connectivity index (χ0v) is 15.5. The molecule has 1 aromatic carbocycles. The quantitative estimate of drug-likeness (QED) is 0.895. The van der Waals surface area contributed by atoms with Gasteiger partial charge in [-0.2, -0.15) is 5.26 Å². The Morgan fingerprint density at radius 2 is 2.08 bits per heavy atom. The maximum atomic E-state index is 11.8. The minimum atomic E-state index is -0.983. The van der Waals surface area contributed by atoms with Gasteiger partial charge in [-0.25, -0.2) is 4.79 Å². The Balaban J connectivity index is 1.81. The number of benzene rings is 1. The van der Waals surface area contributed by atoms with E-state index in [9.17, 15) is 15.2 Å². The van der Waals surface area contributed by atoms with Gasteiger partial charge >= 0.3 is 5.97 Å². The number of nitriles is 1. The average Bonchev–Trinajstić information content (AvgIpc) is 3.09. The Bertz CT molecular complexity index is 937. The van der Waals surface area contributed by atoms with Gasteiger partial charge in [-0.05, 0) is 68.7 Å². The monoisotopic (exact) mass is 352 g/mol. The minimum absolute atomic E-state index is 0.135. The standard InChI is InChI=1S/C21H24N2O3/c1-13-10-21(13,12-22)23-17-5-4-14(8-16(17)9-18(23)19(24)25)15-6-7-26-20(2,3)11-15/h4-5,8-9,13,15H,6-7,10-11H2,1-3H3,(H,24,25)/t13-,15-,21?/m0/s1. The van der Waals surface area contributed by atoms with Gasteiger partial charge in [0.25, 0.3) is 0 Å². The van der Waals surface area contributed by atoms with Gasteiger partial charge < -0.3 is 14.4 Å². The fourth-order valence-electron chi connectivity index (χ4n) is 4.52. The number of hydrogen-bond donors (Lipinski definition) is 1. The normalized spacial score (nSPS) is 30.1. The molecule has 0 amide bonds. The molecular weight excluding hydrogens is 328 g/mol. The summed E-state index contributed by atoms with van der Waals surface area (Å²) in [6.07, 6.45) is 2.62. The molecule has 1 aliphatic heterocycles. The van der Waals surface area contributed by atoms with E-state index in [-0.39, 0.29) is 17.2 Å². The first-order chi connectivity index (χ1) is 12.3. The highest BCUT2D eigenvalue weighted by atomic mass is 16.5. The Labute approximate surface area is 153 Å². The van der Waals surface area contributed by atoms with E-state index in [0.29, 0.717) is 12.3 Å². The van der Waals surface area contributed by atoms with Crippen LogP contribution in [0.25, 0.3) is 10.9 Å². The van der Waals surface area contributed by atoms with E-state index in [4.69, 9.17) is 4.74 Å². The molecule has 1 unspecified atom stereocenters. The number of hydrogen-bond acceptors (Lipinski definition) is 3. The molecule has 2 aromatic rings. The largest absolute Gasteiger partial charge is 0.477 e. The zero-order valence-electron chi connectivity index (χ0n) is 15.5. The fourth-order valence-corrected chi connectivity index (χ4v) is 4.52. The molecule has 1 N–H and O–H groups in total. The van der Waals surface area contributed by atoms with Crippen molar-refractivity contribution in [3.63, 3.8) is 0 Å². The molecule has 1 aromatic heterocycles. The van der Waals surface area contributed by atoms with Gasteiger partial charge in [0.2, 0.25) is 0 Å². The Kier molecular flexibility index (Phi) is 3.68.